The third kappa shape index (κ3) is 4.32. The molecule has 0 saturated carbocycles. The zero-order valence-electron chi connectivity index (χ0n) is 15.0. The lowest BCUT2D eigenvalue weighted by atomic mass is 9.91. The Morgan fingerprint density at radius 3 is 2.44 bits per heavy atom. The molecule has 0 bridgehead atoms. The van der Waals surface area contributed by atoms with Gasteiger partial charge >= 0.3 is 0 Å². The predicted molar refractivity (Wildman–Crippen MR) is 98.3 cm³/mol. The molecule has 0 spiro atoms. The Morgan fingerprint density at radius 1 is 1.20 bits per heavy atom. The molecule has 1 heterocycles. The average molecular weight is 342 g/mol. The van der Waals surface area contributed by atoms with Crippen molar-refractivity contribution in [2.45, 2.75) is 26.2 Å². The number of rotatable bonds is 4. The summed E-state index contributed by atoms with van der Waals surface area (Å²) < 4.78 is 0. The minimum Gasteiger partial charge on any atom is -0.372 e. The van der Waals surface area contributed by atoms with Gasteiger partial charge in [-0.25, -0.2) is 0 Å². The van der Waals surface area contributed by atoms with Crippen molar-refractivity contribution >= 4 is 23.0 Å². The van der Waals surface area contributed by atoms with E-state index in [2.05, 4.69) is 10.3 Å². The Balaban J connectivity index is 2.30. The molecule has 7 nitrogen and oxygen atoms in total. The van der Waals surface area contributed by atoms with Gasteiger partial charge in [0.1, 0.15) is 5.69 Å². The maximum atomic E-state index is 12.5. The minimum absolute atomic E-state index is 0.109. The van der Waals surface area contributed by atoms with E-state index in [-0.39, 0.29) is 16.7 Å². The number of carbonyl (C=O) groups is 1. The van der Waals surface area contributed by atoms with Crippen molar-refractivity contribution in [1.29, 1.82) is 0 Å². The third-order valence-corrected chi connectivity index (χ3v) is 3.70. The molecule has 0 unspecified atom stereocenters. The number of pyridine rings is 1. The van der Waals surface area contributed by atoms with E-state index in [9.17, 15) is 14.9 Å². The largest absolute Gasteiger partial charge is 0.372 e. The fraction of sp³-hybridized carbons (Fsp3) is 0.333. The van der Waals surface area contributed by atoms with E-state index < -0.39 is 10.8 Å². The first kappa shape index (κ1) is 18.4. The standard InChI is InChI=1S/C18H22N4O3/c1-18(2,3)16-11-13(8-9-19-16)20-17(23)12-6-7-14(21(4)5)15(10-12)22(24)25/h6-11H,1-5H3,(H,19,20,23). The van der Waals surface area contributed by atoms with Crippen molar-refractivity contribution in [1.82, 2.24) is 4.98 Å². The van der Waals surface area contributed by atoms with Crippen molar-refractivity contribution in [3.8, 4) is 0 Å². The molecule has 7 heteroatoms. The Hall–Kier alpha value is -2.96. The highest BCUT2D eigenvalue weighted by atomic mass is 16.6. The van der Waals surface area contributed by atoms with Gasteiger partial charge in [-0.1, -0.05) is 20.8 Å². The second-order valence-corrected chi connectivity index (χ2v) is 6.99. The lowest BCUT2D eigenvalue weighted by Crippen LogP contribution is -2.17. The number of nitrogens with one attached hydrogen (secondary N) is 1. The van der Waals surface area contributed by atoms with Crippen molar-refractivity contribution in [2.75, 3.05) is 24.3 Å². The van der Waals surface area contributed by atoms with Crippen LogP contribution >= 0.6 is 0 Å². The third-order valence-electron chi connectivity index (χ3n) is 3.70. The van der Waals surface area contributed by atoms with Crippen molar-refractivity contribution in [2.24, 2.45) is 0 Å². The van der Waals surface area contributed by atoms with E-state index in [0.29, 0.717) is 11.4 Å². The topological polar surface area (TPSA) is 88.4 Å². The van der Waals surface area contributed by atoms with Crippen molar-refractivity contribution in [3.63, 3.8) is 0 Å². The summed E-state index contributed by atoms with van der Waals surface area (Å²) in [4.78, 5) is 29.2. The van der Waals surface area contributed by atoms with Crippen LogP contribution in [0, 0.1) is 10.1 Å². The van der Waals surface area contributed by atoms with Gasteiger partial charge < -0.3 is 10.2 Å². The van der Waals surface area contributed by atoms with E-state index in [1.54, 1.807) is 49.5 Å². The Bertz CT molecular complexity index is 810. The molecule has 132 valence electrons. The van der Waals surface area contributed by atoms with Gasteiger partial charge in [0.05, 0.1) is 4.92 Å². The van der Waals surface area contributed by atoms with Gasteiger partial charge in [0.2, 0.25) is 0 Å². The number of anilines is 2. The maximum absolute atomic E-state index is 12.5. The van der Waals surface area contributed by atoms with Crippen LogP contribution in [0.2, 0.25) is 0 Å². The summed E-state index contributed by atoms with van der Waals surface area (Å²) in [5.41, 5.74) is 1.87. The van der Waals surface area contributed by atoms with Crippen molar-refractivity contribution < 1.29 is 9.72 Å². The summed E-state index contributed by atoms with van der Waals surface area (Å²) in [6.45, 7) is 6.10. The first-order chi connectivity index (χ1) is 11.6. The van der Waals surface area contributed by atoms with Crippen molar-refractivity contribution in [3.05, 3.63) is 57.9 Å². The summed E-state index contributed by atoms with van der Waals surface area (Å²) in [7, 11) is 3.43. The number of nitro benzene ring substituents is 1. The molecule has 0 atom stereocenters. The van der Waals surface area contributed by atoms with Crippen LogP contribution in [0.1, 0.15) is 36.8 Å². The summed E-state index contributed by atoms with van der Waals surface area (Å²) in [6.07, 6.45) is 1.63. The van der Waals surface area contributed by atoms with Gasteiger partial charge in [0.25, 0.3) is 11.6 Å². The fourth-order valence-corrected chi connectivity index (χ4v) is 2.31. The number of hydrogen-bond acceptors (Lipinski definition) is 5. The maximum Gasteiger partial charge on any atom is 0.293 e. The van der Waals surface area contributed by atoms with Gasteiger partial charge in [-0.2, -0.15) is 0 Å². The van der Waals surface area contributed by atoms with Gasteiger partial charge in [0, 0.05) is 48.7 Å². The summed E-state index contributed by atoms with van der Waals surface area (Å²) in [6, 6.07) is 7.93. The first-order valence-electron chi connectivity index (χ1n) is 7.83. The molecule has 1 N–H and O–H groups in total. The number of amides is 1. The highest BCUT2D eigenvalue weighted by molar-refractivity contribution is 6.05. The molecule has 0 aliphatic carbocycles. The van der Waals surface area contributed by atoms with Gasteiger partial charge in [-0.3, -0.25) is 19.9 Å². The Kier molecular flexibility index (Phi) is 5.06. The molecule has 0 aliphatic rings. The number of aromatic nitrogens is 1. The predicted octanol–water partition coefficient (Wildman–Crippen LogP) is 3.61. The van der Waals surface area contributed by atoms with E-state index in [0.717, 1.165) is 5.69 Å². The second-order valence-electron chi connectivity index (χ2n) is 6.99. The summed E-state index contributed by atoms with van der Waals surface area (Å²) in [5.74, 6) is -0.403. The smallest absolute Gasteiger partial charge is 0.293 e. The van der Waals surface area contributed by atoms with Crippen LogP contribution in [0.25, 0.3) is 0 Å². The molecule has 1 aromatic heterocycles. The molecule has 25 heavy (non-hydrogen) atoms. The Morgan fingerprint density at radius 2 is 1.88 bits per heavy atom. The molecule has 1 aromatic carbocycles. The number of nitro groups is 1. The molecular formula is C18H22N4O3. The lowest BCUT2D eigenvalue weighted by Gasteiger charge is -2.18. The number of nitrogens with zero attached hydrogens (tertiary/aromatic N) is 3. The molecular weight excluding hydrogens is 320 g/mol. The van der Waals surface area contributed by atoms with Crippen LogP contribution in [0.5, 0.6) is 0 Å². The molecule has 2 rings (SSSR count). The monoisotopic (exact) mass is 342 g/mol. The highest BCUT2D eigenvalue weighted by Gasteiger charge is 2.20. The quantitative estimate of drug-likeness (QED) is 0.677. The van der Waals surface area contributed by atoms with E-state index >= 15 is 0 Å². The normalized spacial score (nSPS) is 11.1. The second kappa shape index (κ2) is 6.88. The van der Waals surface area contributed by atoms with Crippen LogP contribution in [-0.2, 0) is 5.41 Å². The number of hydrogen-bond donors (Lipinski definition) is 1. The summed E-state index contributed by atoms with van der Waals surface area (Å²) >= 11 is 0. The minimum atomic E-state index is -0.490. The van der Waals surface area contributed by atoms with Gasteiger partial charge in [-0.05, 0) is 24.3 Å². The van der Waals surface area contributed by atoms with Crippen LogP contribution in [0.3, 0.4) is 0 Å². The number of benzene rings is 1. The van der Waals surface area contributed by atoms with Gasteiger partial charge in [0.15, 0.2) is 0 Å². The van der Waals surface area contributed by atoms with E-state index in [1.807, 2.05) is 20.8 Å². The molecule has 1 amide bonds. The fourth-order valence-electron chi connectivity index (χ4n) is 2.31. The van der Waals surface area contributed by atoms with E-state index in [1.165, 1.54) is 6.07 Å². The first-order valence-corrected chi connectivity index (χ1v) is 7.83. The van der Waals surface area contributed by atoms with Crippen LogP contribution in [0.15, 0.2) is 36.5 Å². The van der Waals surface area contributed by atoms with Crippen LogP contribution in [-0.4, -0.2) is 29.9 Å². The zero-order chi connectivity index (χ0) is 18.8. The van der Waals surface area contributed by atoms with Gasteiger partial charge in [-0.15, -0.1) is 0 Å². The van der Waals surface area contributed by atoms with Crippen LogP contribution < -0.4 is 10.2 Å². The Labute approximate surface area is 146 Å². The molecule has 0 fully saturated rings. The average Bonchev–Trinajstić information content (AvgIpc) is 2.53. The van der Waals surface area contributed by atoms with Crippen LogP contribution in [0.4, 0.5) is 17.1 Å². The SMILES string of the molecule is CN(C)c1ccc(C(=O)Nc2ccnc(C(C)(C)C)c2)cc1[N+](=O)[O-]. The number of carbonyl (C=O) groups excluding carboxylic acids is 1. The van der Waals surface area contributed by atoms with E-state index in [4.69, 9.17) is 0 Å². The molecule has 0 aliphatic heterocycles. The zero-order valence-corrected chi connectivity index (χ0v) is 15.0. The lowest BCUT2D eigenvalue weighted by molar-refractivity contribution is -0.384. The molecule has 0 radical (unpaired) electrons. The summed E-state index contributed by atoms with van der Waals surface area (Å²) in [5, 5.41) is 14.0. The molecule has 0 saturated heterocycles. The molecule has 2 aromatic rings. The highest BCUT2D eigenvalue weighted by Crippen LogP contribution is 2.28.